The van der Waals surface area contributed by atoms with Crippen LogP contribution < -0.4 is 10.6 Å². The standard InChI is InChI=1S/C16H25N3O/c1-2-10-17-15-9-6-11-19(12-15)13-16(20)18-14-7-4-3-5-8-14/h3-5,7-8,15,17H,2,6,9-13H2,1H3,(H,18,20). The van der Waals surface area contributed by atoms with E-state index in [-0.39, 0.29) is 5.91 Å². The molecule has 1 heterocycles. The summed E-state index contributed by atoms with van der Waals surface area (Å²) in [6, 6.07) is 10.2. The molecule has 1 aromatic carbocycles. The smallest absolute Gasteiger partial charge is 0.238 e. The lowest BCUT2D eigenvalue weighted by Gasteiger charge is -2.32. The number of likely N-dealkylation sites (tertiary alicyclic amines) is 1. The minimum Gasteiger partial charge on any atom is -0.325 e. The van der Waals surface area contributed by atoms with Gasteiger partial charge in [-0.1, -0.05) is 25.1 Å². The van der Waals surface area contributed by atoms with E-state index in [2.05, 4.69) is 22.5 Å². The van der Waals surface area contributed by atoms with Crippen LogP contribution >= 0.6 is 0 Å². The SMILES string of the molecule is CCCNC1CCCN(CC(=O)Nc2ccccc2)C1. The Morgan fingerprint density at radius 3 is 2.90 bits per heavy atom. The predicted octanol–water partition coefficient (Wildman–Crippen LogP) is 2.09. The number of anilines is 1. The number of hydrogen-bond donors (Lipinski definition) is 2. The van der Waals surface area contributed by atoms with Gasteiger partial charge in [-0.05, 0) is 44.5 Å². The van der Waals surface area contributed by atoms with E-state index in [1.165, 1.54) is 12.8 Å². The van der Waals surface area contributed by atoms with Crippen molar-refractivity contribution in [3.05, 3.63) is 30.3 Å². The molecule has 4 nitrogen and oxygen atoms in total. The molecule has 4 heteroatoms. The number of nitrogens with zero attached hydrogens (tertiary/aromatic N) is 1. The monoisotopic (exact) mass is 275 g/mol. The van der Waals surface area contributed by atoms with Crippen LogP contribution in [0, 0.1) is 0 Å². The van der Waals surface area contributed by atoms with Gasteiger partial charge in [-0.3, -0.25) is 9.69 Å². The lowest BCUT2D eigenvalue weighted by molar-refractivity contribution is -0.117. The molecule has 0 aromatic heterocycles. The van der Waals surface area contributed by atoms with Gasteiger partial charge < -0.3 is 10.6 Å². The average molecular weight is 275 g/mol. The molecule has 1 aliphatic rings. The van der Waals surface area contributed by atoms with Crippen molar-refractivity contribution in [3.8, 4) is 0 Å². The van der Waals surface area contributed by atoms with Crippen LogP contribution in [-0.2, 0) is 4.79 Å². The van der Waals surface area contributed by atoms with E-state index in [0.717, 1.165) is 31.7 Å². The van der Waals surface area contributed by atoms with Crippen molar-refractivity contribution in [2.45, 2.75) is 32.2 Å². The van der Waals surface area contributed by atoms with Crippen LogP contribution in [0.25, 0.3) is 0 Å². The van der Waals surface area contributed by atoms with Crippen molar-refractivity contribution < 1.29 is 4.79 Å². The Morgan fingerprint density at radius 2 is 2.15 bits per heavy atom. The van der Waals surface area contributed by atoms with Crippen molar-refractivity contribution in [1.82, 2.24) is 10.2 Å². The molecule has 0 aliphatic carbocycles. The number of benzene rings is 1. The second-order valence-electron chi connectivity index (χ2n) is 5.44. The number of piperidine rings is 1. The Morgan fingerprint density at radius 1 is 1.35 bits per heavy atom. The summed E-state index contributed by atoms with van der Waals surface area (Å²) in [5, 5.41) is 6.50. The summed E-state index contributed by atoms with van der Waals surface area (Å²) in [6.45, 7) is 5.73. The van der Waals surface area contributed by atoms with Crippen LogP contribution in [0.3, 0.4) is 0 Å². The van der Waals surface area contributed by atoms with Crippen LogP contribution in [0.1, 0.15) is 26.2 Å². The van der Waals surface area contributed by atoms with Crippen molar-refractivity contribution in [2.24, 2.45) is 0 Å². The van der Waals surface area contributed by atoms with Gasteiger partial charge in [-0.25, -0.2) is 0 Å². The first kappa shape index (κ1) is 15.0. The lowest BCUT2D eigenvalue weighted by atomic mass is 10.1. The first-order valence-electron chi connectivity index (χ1n) is 7.58. The molecule has 1 unspecified atom stereocenters. The average Bonchev–Trinajstić information content (AvgIpc) is 2.46. The lowest BCUT2D eigenvalue weighted by Crippen LogP contribution is -2.48. The highest BCUT2D eigenvalue weighted by atomic mass is 16.2. The number of carbonyl (C=O) groups is 1. The maximum Gasteiger partial charge on any atom is 0.238 e. The van der Waals surface area contributed by atoms with Crippen LogP contribution in [0.15, 0.2) is 30.3 Å². The Bertz CT molecular complexity index is 407. The minimum atomic E-state index is 0.0762. The Balaban J connectivity index is 1.76. The number of para-hydroxylation sites is 1. The van der Waals surface area contributed by atoms with Gasteiger partial charge in [0.05, 0.1) is 6.54 Å². The molecular weight excluding hydrogens is 250 g/mol. The van der Waals surface area contributed by atoms with Gasteiger partial charge in [0.2, 0.25) is 5.91 Å². The fourth-order valence-electron chi connectivity index (χ4n) is 2.64. The zero-order valence-corrected chi connectivity index (χ0v) is 12.3. The van der Waals surface area contributed by atoms with Gasteiger partial charge in [0.25, 0.3) is 0 Å². The number of rotatable bonds is 6. The predicted molar refractivity (Wildman–Crippen MR) is 82.8 cm³/mol. The second-order valence-corrected chi connectivity index (χ2v) is 5.44. The van der Waals surface area contributed by atoms with E-state index in [1.54, 1.807) is 0 Å². The highest BCUT2D eigenvalue weighted by Crippen LogP contribution is 2.11. The van der Waals surface area contributed by atoms with Crippen molar-refractivity contribution in [1.29, 1.82) is 0 Å². The molecule has 1 atom stereocenters. The molecular formula is C16H25N3O. The molecule has 20 heavy (non-hydrogen) atoms. The van der Waals surface area contributed by atoms with Crippen LogP contribution in [0.4, 0.5) is 5.69 Å². The third-order valence-corrected chi connectivity index (χ3v) is 3.61. The van der Waals surface area contributed by atoms with E-state index < -0.39 is 0 Å². The first-order chi connectivity index (χ1) is 9.78. The summed E-state index contributed by atoms with van der Waals surface area (Å²) in [4.78, 5) is 14.3. The van der Waals surface area contributed by atoms with E-state index in [0.29, 0.717) is 12.6 Å². The zero-order chi connectivity index (χ0) is 14.2. The van der Waals surface area contributed by atoms with Gasteiger partial charge in [0, 0.05) is 18.3 Å². The maximum absolute atomic E-state index is 12.0. The fourth-order valence-corrected chi connectivity index (χ4v) is 2.64. The first-order valence-corrected chi connectivity index (χ1v) is 7.58. The molecule has 1 fully saturated rings. The number of hydrogen-bond acceptors (Lipinski definition) is 3. The van der Waals surface area contributed by atoms with E-state index >= 15 is 0 Å². The van der Waals surface area contributed by atoms with Crippen LogP contribution in [0.2, 0.25) is 0 Å². The van der Waals surface area contributed by atoms with E-state index in [1.807, 2.05) is 30.3 Å². The highest BCUT2D eigenvalue weighted by Gasteiger charge is 2.20. The van der Waals surface area contributed by atoms with Gasteiger partial charge in [0.1, 0.15) is 0 Å². The Labute approximate surface area is 121 Å². The maximum atomic E-state index is 12.0. The molecule has 0 saturated carbocycles. The topological polar surface area (TPSA) is 44.4 Å². The second kappa shape index (κ2) is 8.02. The molecule has 0 bridgehead atoms. The largest absolute Gasteiger partial charge is 0.325 e. The zero-order valence-electron chi connectivity index (χ0n) is 12.3. The number of amides is 1. The summed E-state index contributed by atoms with van der Waals surface area (Å²) in [5.41, 5.74) is 0.871. The molecule has 2 rings (SSSR count). The molecule has 0 spiro atoms. The van der Waals surface area contributed by atoms with Crippen LogP contribution in [0.5, 0.6) is 0 Å². The minimum absolute atomic E-state index is 0.0762. The molecule has 2 N–H and O–H groups in total. The summed E-state index contributed by atoms with van der Waals surface area (Å²) < 4.78 is 0. The van der Waals surface area contributed by atoms with Gasteiger partial charge >= 0.3 is 0 Å². The normalized spacial score (nSPS) is 19.8. The van der Waals surface area contributed by atoms with Crippen molar-refractivity contribution in [3.63, 3.8) is 0 Å². The molecule has 1 amide bonds. The van der Waals surface area contributed by atoms with E-state index in [9.17, 15) is 4.79 Å². The number of carbonyl (C=O) groups excluding carboxylic acids is 1. The van der Waals surface area contributed by atoms with Gasteiger partial charge in [-0.15, -0.1) is 0 Å². The van der Waals surface area contributed by atoms with Crippen molar-refractivity contribution >= 4 is 11.6 Å². The summed E-state index contributed by atoms with van der Waals surface area (Å²) in [7, 11) is 0. The van der Waals surface area contributed by atoms with Crippen molar-refractivity contribution in [2.75, 3.05) is 31.5 Å². The highest BCUT2D eigenvalue weighted by molar-refractivity contribution is 5.92. The third-order valence-electron chi connectivity index (χ3n) is 3.61. The summed E-state index contributed by atoms with van der Waals surface area (Å²) in [5.74, 6) is 0.0762. The Hall–Kier alpha value is -1.39. The summed E-state index contributed by atoms with van der Waals surface area (Å²) in [6.07, 6.45) is 3.54. The molecule has 1 saturated heterocycles. The quantitative estimate of drug-likeness (QED) is 0.835. The molecule has 0 radical (unpaired) electrons. The van der Waals surface area contributed by atoms with Gasteiger partial charge in [0.15, 0.2) is 0 Å². The Kier molecular flexibility index (Phi) is 6.02. The molecule has 1 aliphatic heterocycles. The van der Waals surface area contributed by atoms with Crippen LogP contribution in [-0.4, -0.2) is 43.0 Å². The third kappa shape index (κ3) is 4.94. The fraction of sp³-hybridized carbons (Fsp3) is 0.562. The number of nitrogens with one attached hydrogen (secondary N) is 2. The van der Waals surface area contributed by atoms with E-state index in [4.69, 9.17) is 0 Å². The summed E-state index contributed by atoms with van der Waals surface area (Å²) >= 11 is 0. The van der Waals surface area contributed by atoms with Gasteiger partial charge in [-0.2, -0.15) is 0 Å². The molecule has 1 aromatic rings. The molecule has 110 valence electrons.